The summed E-state index contributed by atoms with van der Waals surface area (Å²) in [5, 5.41) is 8.48. The third-order valence-electron chi connectivity index (χ3n) is 0.888. The number of rotatable bonds is 1. The Bertz CT molecular complexity index is 154. The molecule has 1 aromatic heterocycles. The number of aliphatic hydroxyl groups is 1. The third-order valence-corrected chi connectivity index (χ3v) is 0.888. The first-order valence-corrected chi connectivity index (χ1v) is 2.44. The van der Waals surface area contributed by atoms with E-state index in [1.54, 1.807) is 12.3 Å². The normalized spacial score (nSPS) is 8.11. The van der Waals surface area contributed by atoms with E-state index in [9.17, 15) is 0 Å². The van der Waals surface area contributed by atoms with Crippen LogP contribution in [-0.4, -0.2) is 10.1 Å². The van der Waals surface area contributed by atoms with Gasteiger partial charge < -0.3 is 5.11 Å². The van der Waals surface area contributed by atoms with Crippen LogP contribution in [0.5, 0.6) is 0 Å². The Morgan fingerprint density at radius 1 is 1.44 bits per heavy atom. The van der Waals surface area contributed by atoms with Crippen LogP contribution in [0.3, 0.4) is 0 Å². The molecule has 3 heteroatoms. The minimum Gasteiger partial charge on any atom is -0.390 e. The molecule has 0 unspecified atom stereocenters. The molecule has 0 radical (unpaired) electrons. The van der Waals surface area contributed by atoms with Crippen LogP contribution in [0, 0.1) is 0 Å². The van der Waals surface area contributed by atoms with Gasteiger partial charge in [-0.1, -0.05) is 6.07 Å². The summed E-state index contributed by atoms with van der Waals surface area (Å²) in [6.45, 7) is 0.0286. The first-order valence-electron chi connectivity index (χ1n) is 2.44. The largest absolute Gasteiger partial charge is 0.390 e. The molecule has 0 aromatic carbocycles. The van der Waals surface area contributed by atoms with Crippen LogP contribution in [0.25, 0.3) is 0 Å². The van der Waals surface area contributed by atoms with Crippen molar-refractivity contribution in [2.75, 3.05) is 0 Å². The molecule has 9 heavy (non-hydrogen) atoms. The van der Waals surface area contributed by atoms with Gasteiger partial charge in [0.1, 0.15) is 0 Å². The minimum absolute atomic E-state index is 0. The van der Waals surface area contributed by atoms with Gasteiger partial charge in [-0.25, -0.2) is 0 Å². The van der Waals surface area contributed by atoms with Crippen LogP contribution in [0.2, 0.25) is 0 Å². The fourth-order valence-electron chi connectivity index (χ4n) is 0.492. The minimum atomic E-state index is 0. The van der Waals surface area contributed by atoms with E-state index in [2.05, 4.69) is 4.98 Å². The van der Waals surface area contributed by atoms with E-state index in [0.29, 0.717) is 5.69 Å². The molecule has 1 N–H and O–H groups in total. The maximum atomic E-state index is 8.48. The van der Waals surface area contributed by atoms with Gasteiger partial charge in [-0.2, -0.15) is 0 Å². The van der Waals surface area contributed by atoms with Crippen LogP contribution in [0.1, 0.15) is 5.69 Å². The van der Waals surface area contributed by atoms with Crippen molar-refractivity contribution < 1.29 is 24.6 Å². The van der Waals surface area contributed by atoms with E-state index >= 15 is 0 Å². The molecular weight excluding hydrogens is 203 g/mol. The standard InChI is InChI=1S/C6H7NO.Ru/c8-5-6-3-1-2-4-7-6;/h1-4,8H,5H2;. The summed E-state index contributed by atoms with van der Waals surface area (Å²) < 4.78 is 0. The van der Waals surface area contributed by atoms with Crippen molar-refractivity contribution in [3.8, 4) is 0 Å². The van der Waals surface area contributed by atoms with Gasteiger partial charge in [0.05, 0.1) is 12.3 Å². The summed E-state index contributed by atoms with van der Waals surface area (Å²) in [5.74, 6) is 0. The summed E-state index contributed by atoms with van der Waals surface area (Å²) in [6, 6.07) is 5.44. The molecule has 2 nitrogen and oxygen atoms in total. The van der Waals surface area contributed by atoms with E-state index < -0.39 is 0 Å². The number of pyridine rings is 1. The summed E-state index contributed by atoms with van der Waals surface area (Å²) in [4.78, 5) is 3.85. The first-order chi connectivity index (χ1) is 3.93. The predicted octanol–water partition coefficient (Wildman–Crippen LogP) is 0.571. The number of hydrogen-bond acceptors (Lipinski definition) is 2. The van der Waals surface area contributed by atoms with Crippen LogP contribution >= 0.6 is 0 Å². The molecule has 50 valence electrons. The molecule has 1 aromatic rings. The molecule has 0 saturated heterocycles. The zero-order valence-corrected chi connectivity index (χ0v) is 6.50. The maximum Gasteiger partial charge on any atom is 0.0852 e. The van der Waals surface area contributed by atoms with Gasteiger partial charge in [-0.3, -0.25) is 4.98 Å². The van der Waals surface area contributed by atoms with Crippen LogP contribution in [0.4, 0.5) is 0 Å². The fourth-order valence-corrected chi connectivity index (χ4v) is 0.492. The van der Waals surface area contributed by atoms with Gasteiger partial charge >= 0.3 is 0 Å². The molecule has 0 amide bonds. The zero-order valence-electron chi connectivity index (χ0n) is 4.76. The maximum absolute atomic E-state index is 8.48. The second-order valence-corrected chi connectivity index (χ2v) is 1.48. The van der Waals surface area contributed by atoms with Crippen molar-refractivity contribution in [3.63, 3.8) is 0 Å². The molecule has 0 bridgehead atoms. The van der Waals surface area contributed by atoms with Gasteiger partial charge in [0.15, 0.2) is 0 Å². The molecule has 0 aliphatic rings. The Kier molecular flexibility index (Phi) is 4.46. The van der Waals surface area contributed by atoms with Gasteiger partial charge in [-0.15, -0.1) is 0 Å². The van der Waals surface area contributed by atoms with Crippen molar-refractivity contribution in [1.29, 1.82) is 0 Å². The first kappa shape index (κ1) is 8.73. The quantitative estimate of drug-likeness (QED) is 0.687. The summed E-state index contributed by atoms with van der Waals surface area (Å²) in [6.07, 6.45) is 1.66. The number of aromatic nitrogens is 1. The monoisotopic (exact) mass is 211 g/mol. The van der Waals surface area contributed by atoms with Crippen LogP contribution in [0.15, 0.2) is 24.4 Å². The molecule has 0 atom stereocenters. The van der Waals surface area contributed by atoms with Crippen molar-refractivity contribution in [3.05, 3.63) is 30.1 Å². The Labute approximate surface area is 66.7 Å². The topological polar surface area (TPSA) is 33.1 Å². The molecule has 0 aliphatic carbocycles. The van der Waals surface area contributed by atoms with E-state index in [4.69, 9.17) is 5.11 Å². The average molecular weight is 210 g/mol. The van der Waals surface area contributed by atoms with E-state index in [-0.39, 0.29) is 26.1 Å². The predicted molar refractivity (Wildman–Crippen MR) is 30.2 cm³/mol. The van der Waals surface area contributed by atoms with E-state index in [1.165, 1.54) is 0 Å². The molecule has 0 saturated carbocycles. The van der Waals surface area contributed by atoms with Crippen molar-refractivity contribution in [2.45, 2.75) is 6.61 Å². The SMILES string of the molecule is OCc1ccccn1.[Ru]. The van der Waals surface area contributed by atoms with E-state index in [0.717, 1.165) is 0 Å². The second-order valence-electron chi connectivity index (χ2n) is 1.48. The smallest absolute Gasteiger partial charge is 0.0852 e. The fraction of sp³-hybridized carbons (Fsp3) is 0.167. The van der Waals surface area contributed by atoms with Crippen molar-refractivity contribution >= 4 is 0 Å². The summed E-state index contributed by atoms with van der Waals surface area (Å²) in [5.41, 5.74) is 0.715. The van der Waals surface area contributed by atoms with Crippen LogP contribution < -0.4 is 0 Å². The van der Waals surface area contributed by atoms with Gasteiger partial charge in [-0.05, 0) is 12.1 Å². The number of nitrogens with zero attached hydrogens (tertiary/aromatic N) is 1. The summed E-state index contributed by atoms with van der Waals surface area (Å²) >= 11 is 0. The molecule has 1 rings (SSSR count). The Morgan fingerprint density at radius 3 is 2.56 bits per heavy atom. The second kappa shape index (κ2) is 4.60. The summed E-state index contributed by atoms with van der Waals surface area (Å²) in [7, 11) is 0. The molecule has 0 aliphatic heterocycles. The average Bonchev–Trinajstić information content (AvgIpc) is 1.90. The Hall–Kier alpha value is -0.267. The zero-order chi connectivity index (χ0) is 5.82. The molecule has 1 heterocycles. The van der Waals surface area contributed by atoms with Gasteiger partial charge in [0, 0.05) is 25.7 Å². The number of hydrogen-bond donors (Lipinski definition) is 1. The Morgan fingerprint density at radius 2 is 2.22 bits per heavy atom. The van der Waals surface area contributed by atoms with Crippen LogP contribution in [-0.2, 0) is 26.1 Å². The number of aliphatic hydroxyl groups excluding tert-OH is 1. The van der Waals surface area contributed by atoms with Crippen molar-refractivity contribution in [2.24, 2.45) is 0 Å². The molecule has 0 spiro atoms. The van der Waals surface area contributed by atoms with Crippen molar-refractivity contribution in [1.82, 2.24) is 4.98 Å². The third kappa shape index (κ3) is 2.68. The van der Waals surface area contributed by atoms with Gasteiger partial charge in [0.25, 0.3) is 0 Å². The van der Waals surface area contributed by atoms with Gasteiger partial charge in [0.2, 0.25) is 0 Å². The Balaban J connectivity index is 0.000000640. The molecule has 0 fully saturated rings. The molecular formula is C6H7NORu. The van der Waals surface area contributed by atoms with E-state index in [1.807, 2.05) is 12.1 Å².